The number of ether oxygens (including phenoxy) is 1. The van der Waals surface area contributed by atoms with E-state index in [0.717, 1.165) is 46.8 Å². The average Bonchev–Trinajstić information content (AvgIpc) is 3.16. The fourth-order valence-electron chi connectivity index (χ4n) is 4.39. The number of anilines is 1. The molecule has 0 radical (unpaired) electrons. The summed E-state index contributed by atoms with van der Waals surface area (Å²) < 4.78 is 5.74. The molecule has 1 amide bonds. The van der Waals surface area contributed by atoms with Crippen molar-refractivity contribution in [2.45, 2.75) is 60.0 Å². The summed E-state index contributed by atoms with van der Waals surface area (Å²) in [7, 11) is 0. The Morgan fingerprint density at radius 3 is 2.47 bits per heavy atom. The van der Waals surface area contributed by atoms with Gasteiger partial charge in [-0.15, -0.1) is 11.3 Å². The monoisotopic (exact) mass is 474 g/mol. The highest BCUT2D eigenvalue weighted by atomic mass is 32.1. The first-order valence-corrected chi connectivity index (χ1v) is 12.8. The van der Waals surface area contributed by atoms with Gasteiger partial charge in [0.1, 0.15) is 10.8 Å². The molecule has 0 spiro atoms. The number of nitrogens with one attached hydrogen (secondary N) is 1. The molecule has 0 aliphatic heterocycles. The minimum absolute atomic E-state index is 0.0780. The summed E-state index contributed by atoms with van der Waals surface area (Å²) in [6.45, 7) is 11.0. The fourth-order valence-corrected chi connectivity index (χ4v) is 5.66. The van der Waals surface area contributed by atoms with Crippen molar-refractivity contribution in [1.82, 2.24) is 0 Å². The molecule has 1 heterocycles. The number of aliphatic imine (C=N–C) groups is 1. The van der Waals surface area contributed by atoms with Crippen LogP contribution in [0.1, 0.15) is 67.4 Å². The minimum Gasteiger partial charge on any atom is -0.491 e. The molecule has 1 aliphatic carbocycles. The van der Waals surface area contributed by atoms with E-state index in [9.17, 15) is 4.79 Å². The zero-order valence-electron chi connectivity index (χ0n) is 20.7. The van der Waals surface area contributed by atoms with Crippen LogP contribution in [-0.2, 0) is 12.8 Å². The number of carbonyl (C=O) groups is 1. The molecule has 0 bridgehead atoms. The number of fused-ring (bicyclic) bond motifs is 1. The number of hydrogen-bond acceptors (Lipinski definition) is 4. The summed E-state index contributed by atoms with van der Waals surface area (Å²) in [5.41, 5.74) is 3.92. The maximum atomic E-state index is 13.4. The van der Waals surface area contributed by atoms with E-state index in [-0.39, 0.29) is 17.4 Å². The summed E-state index contributed by atoms with van der Waals surface area (Å²) >= 11 is 1.67. The van der Waals surface area contributed by atoms with E-state index in [0.29, 0.717) is 5.92 Å². The quantitative estimate of drug-likeness (QED) is 0.372. The lowest BCUT2D eigenvalue weighted by atomic mass is 9.72. The molecule has 2 aromatic carbocycles. The van der Waals surface area contributed by atoms with E-state index in [1.165, 1.54) is 10.4 Å². The fraction of sp³-hybridized carbons (Fsp3) is 0.379. The molecule has 3 aromatic rings. The lowest BCUT2D eigenvalue weighted by Crippen LogP contribution is -2.27. The summed E-state index contributed by atoms with van der Waals surface area (Å²) in [6, 6.07) is 17.5. The Hall–Kier alpha value is -2.92. The highest BCUT2D eigenvalue weighted by Crippen LogP contribution is 2.45. The summed E-state index contributed by atoms with van der Waals surface area (Å²) in [5, 5.41) is 3.86. The molecule has 1 N–H and O–H groups in total. The number of para-hydroxylation sites is 1. The third-order valence-corrected chi connectivity index (χ3v) is 7.48. The molecule has 5 heteroatoms. The third kappa shape index (κ3) is 5.76. The van der Waals surface area contributed by atoms with Crippen molar-refractivity contribution in [2.75, 3.05) is 5.32 Å². The zero-order chi connectivity index (χ0) is 24.3. The van der Waals surface area contributed by atoms with E-state index >= 15 is 0 Å². The number of rotatable bonds is 6. The van der Waals surface area contributed by atoms with Crippen LogP contribution in [0.25, 0.3) is 0 Å². The van der Waals surface area contributed by atoms with Gasteiger partial charge in [0.05, 0.1) is 11.7 Å². The van der Waals surface area contributed by atoms with Gasteiger partial charge >= 0.3 is 0 Å². The van der Waals surface area contributed by atoms with Crippen LogP contribution in [-0.4, -0.2) is 18.2 Å². The Morgan fingerprint density at radius 2 is 1.82 bits per heavy atom. The van der Waals surface area contributed by atoms with Gasteiger partial charge in [0.15, 0.2) is 0 Å². The van der Waals surface area contributed by atoms with Crippen molar-refractivity contribution in [3.05, 3.63) is 76.2 Å². The average molecular weight is 475 g/mol. The Labute approximate surface area is 207 Å². The van der Waals surface area contributed by atoms with Crippen molar-refractivity contribution in [3.8, 4) is 5.75 Å². The predicted molar refractivity (Wildman–Crippen MR) is 143 cm³/mol. The smallest absolute Gasteiger partial charge is 0.259 e. The lowest BCUT2D eigenvalue weighted by Gasteiger charge is -2.33. The van der Waals surface area contributed by atoms with Gasteiger partial charge in [-0.3, -0.25) is 4.79 Å². The number of carbonyl (C=O) groups excluding carboxylic acids is 1. The predicted octanol–water partition coefficient (Wildman–Crippen LogP) is 7.69. The molecule has 1 atom stereocenters. The van der Waals surface area contributed by atoms with Gasteiger partial charge in [-0.25, -0.2) is 4.99 Å². The molecule has 0 saturated heterocycles. The second kappa shape index (κ2) is 10.1. The first-order chi connectivity index (χ1) is 16.2. The van der Waals surface area contributed by atoms with Crippen molar-refractivity contribution >= 4 is 34.1 Å². The highest BCUT2D eigenvalue weighted by molar-refractivity contribution is 7.16. The van der Waals surface area contributed by atoms with Gasteiger partial charge in [-0.1, -0.05) is 39.0 Å². The second-order valence-electron chi connectivity index (χ2n) is 10.3. The Kier molecular flexibility index (Phi) is 7.22. The maximum absolute atomic E-state index is 13.4. The van der Waals surface area contributed by atoms with Gasteiger partial charge < -0.3 is 10.1 Å². The molecule has 0 saturated carbocycles. The SMILES string of the molecule is CC(C)Oc1ccc(C=Nc2sc3c(c2C(=O)Nc2ccccc2)CC[C@@H](C(C)(C)C)C3)cc1. The summed E-state index contributed by atoms with van der Waals surface area (Å²) in [4.78, 5) is 19.5. The van der Waals surface area contributed by atoms with Crippen LogP contribution in [0.4, 0.5) is 10.7 Å². The topological polar surface area (TPSA) is 50.7 Å². The minimum atomic E-state index is -0.0780. The van der Waals surface area contributed by atoms with Gasteiger partial charge in [0.2, 0.25) is 0 Å². The van der Waals surface area contributed by atoms with E-state index in [1.54, 1.807) is 11.3 Å². The van der Waals surface area contributed by atoms with Gasteiger partial charge in [-0.05, 0) is 92.0 Å². The Bertz CT molecular complexity index is 1160. The van der Waals surface area contributed by atoms with Crippen LogP contribution in [0.3, 0.4) is 0 Å². The van der Waals surface area contributed by atoms with E-state index in [2.05, 4.69) is 26.1 Å². The molecule has 0 unspecified atom stereocenters. The normalized spacial score (nSPS) is 16.0. The number of amides is 1. The van der Waals surface area contributed by atoms with Gasteiger partial charge in [0.25, 0.3) is 5.91 Å². The molecule has 0 fully saturated rings. The van der Waals surface area contributed by atoms with Crippen LogP contribution in [0.2, 0.25) is 0 Å². The summed E-state index contributed by atoms with van der Waals surface area (Å²) in [5.74, 6) is 1.37. The molecule has 4 nitrogen and oxygen atoms in total. The Morgan fingerprint density at radius 1 is 1.12 bits per heavy atom. The van der Waals surface area contributed by atoms with Crippen molar-refractivity contribution < 1.29 is 9.53 Å². The molecule has 4 rings (SSSR count). The van der Waals surface area contributed by atoms with Crippen molar-refractivity contribution in [1.29, 1.82) is 0 Å². The molecule has 178 valence electrons. The largest absolute Gasteiger partial charge is 0.491 e. The van der Waals surface area contributed by atoms with Gasteiger partial charge in [-0.2, -0.15) is 0 Å². The molecular weight excluding hydrogens is 440 g/mol. The van der Waals surface area contributed by atoms with Gasteiger partial charge in [0, 0.05) is 16.8 Å². The third-order valence-electron chi connectivity index (χ3n) is 6.31. The van der Waals surface area contributed by atoms with Crippen LogP contribution >= 0.6 is 11.3 Å². The summed E-state index contributed by atoms with van der Waals surface area (Å²) in [6.07, 6.45) is 5.00. The molecule has 1 aliphatic rings. The van der Waals surface area contributed by atoms with E-state index in [4.69, 9.17) is 9.73 Å². The first kappa shape index (κ1) is 24.2. The highest BCUT2D eigenvalue weighted by Gasteiger charge is 2.33. The van der Waals surface area contributed by atoms with Crippen LogP contribution in [0.15, 0.2) is 59.6 Å². The number of benzene rings is 2. The van der Waals surface area contributed by atoms with Crippen LogP contribution < -0.4 is 10.1 Å². The molecule has 34 heavy (non-hydrogen) atoms. The molecule has 1 aromatic heterocycles. The first-order valence-electron chi connectivity index (χ1n) is 12.0. The van der Waals surface area contributed by atoms with E-state index in [1.807, 2.05) is 74.7 Å². The zero-order valence-corrected chi connectivity index (χ0v) is 21.5. The van der Waals surface area contributed by atoms with Crippen LogP contribution in [0.5, 0.6) is 5.75 Å². The Balaban J connectivity index is 1.64. The van der Waals surface area contributed by atoms with Crippen molar-refractivity contribution in [3.63, 3.8) is 0 Å². The number of hydrogen-bond donors (Lipinski definition) is 1. The van der Waals surface area contributed by atoms with Crippen molar-refractivity contribution in [2.24, 2.45) is 16.3 Å². The standard InChI is InChI=1S/C29H34N2O2S/c1-19(2)33-23-14-11-20(12-15-23)18-30-28-26(27(32)31-22-9-7-6-8-10-22)24-16-13-21(29(3,4)5)17-25(24)34-28/h6-12,14-15,18-19,21H,13,16-17H2,1-5H3,(H,31,32)/t21-/m1/s1. The van der Waals surface area contributed by atoms with E-state index < -0.39 is 0 Å². The maximum Gasteiger partial charge on any atom is 0.259 e. The van der Waals surface area contributed by atoms with Crippen LogP contribution in [0, 0.1) is 11.3 Å². The second-order valence-corrected chi connectivity index (χ2v) is 11.4. The number of nitrogens with zero attached hydrogens (tertiary/aromatic N) is 1. The lowest BCUT2D eigenvalue weighted by molar-refractivity contribution is 0.102. The number of thiophene rings is 1. The molecular formula is C29H34N2O2S.